The normalized spacial score (nSPS) is 14.4. The highest BCUT2D eigenvalue weighted by Gasteiger charge is 2.22. The van der Waals surface area contributed by atoms with Crippen molar-refractivity contribution in [2.24, 2.45) is 4.99 Å². The van der Waals surface area contributed by atoms with Crippen LogP contribution in [0.2, 0.25) is 0 Å². The fraction of sp³-hybridized carbons (Fsp3) is 0. The average molecular weight is 515 g/mol. The van der Waals surface area contributed by atoms with Gasteiger partial charge in [0.1, 0.15) is 0 Å². The molecule has 5 heteroatoms. The lowest BCUT2D eigenvalue weighted by atomic mass is 9.94. The van der Waals surface area contributed by atoms with Gasteiger partial charge in [-0.1, -0.05) is 55.1 Å². The summed E-state index contributed by atoms with van der Waals surface area (Å²) in [6.07, 6.45) is 9.67. The predicted octanol–water partition coefficient (Wildman–Crippen LogP) is 8.19. The van der Waals surface area contributed by atoms with Gasteiger partial charge in [-0.15, -0.1) is 0 Å². The molecule has 0 fully saturated rings. The number of pyridine rings is 2. The van der Waals surface area contributed by atoms with Crippen molar-refractivity contribution in [2.75, 3.05) is 0 Å². The van der Waals surface area contributed by atoms with Gasteiger partial charge in [0.2, 0.25) is 0 Å². The molecule has 0 bridgehead atoms. The van der Waals surface area contributed by atoms with E-state index in [4.69, 9.17) is 4.84 Å². The summed E-state index contributed by atoms with van der Waals surface area (Å²) >= 11 is 0. The fourth-order valence-electron chi connectivity index (χ4n) is 5.50. The Balaban J connectivity index is 1.18. The monoisotopic (exact) mass is 514 g/mol. The third-order valence-electron chi connectivity index (χ3n) is 7.48. The van der Waals surface area contributed by atoms with Crippen LogP contribution in [0.1, 0.15) is 11.1 Å². The summed E-state index contributed by atoms with van der Waals surface area (Å²) in [5.74, 6) is 1.43. The summed E-state index contributed by atoms with van der Waals surface area (Å²) < 4.78 is 0. The Morgan fingerprint density at radius 1 is 0.650 bits per heavy atom. The third-order valence-corrected chi connectivity index (χ3v) is 7.48. The van der Waals surface area contributed by atoms with Gasteiger partial charge in [0.25, 0.3) is 0 Å². The average Bonchev–Trinajstić information content (AvgIpc) is 3.15. The number of hydrogen-bond donors (Lipinski definition) is 0. The number of hydroxylamine groups is 2. The van der Waals surface area contributed by atoms with Crippen molar-refractivity contribution in [3.05, 3.63) is 139 Å². The molecule has 0 atom stereocenters. The number of nitrogens with zero attached hydrogens (tertiary/aromatic N) is 4. The molecule has 188 valence electrons. The third kappa shape index (κ3) is 3.60. The summed E-state index contributed by atoms with van der Waals surface area (Å²) in [6.45, 7) is 4.12. The minimum atomic E-state index is 0.683. The van der Waals surface area contributed by atoms with Gasteiger partial charge in [-0.2, -0.15) is 5.06 Å². The van der Waals surface area contributed by atoms with Crippen LogP contribution >= 0.6 is 0 Å². The SMILES string of the molecule is C=C1N=C2C=CC(c3ccc4cc(-c5cc6cccnc6c6ncccc56)ccc4c3)=CN2Oc2ccccc21. The van der Waals surface area contributed by atoms with E-state index in [1.54, 1.807) is 5.06 Å². The second kappa shape index (κ2) is 8.75. The molecule has 4 heterocycles. The van der Waals surface area contributed by atoms with Crippen molar-refractivity contribution in [1.29, 1.82) is 0 Å². The van der Waals surface area contributed by atoms with Gasteiger partial charge in [0.15, 0.2) is 11.6 Å². The van der Waals surface area contributed by atoms with Crippen molar-refractivity contribution in [2.45, 2.75) is 0 Å². The van der Waals surface area contributed by atoms with E-state index < -0.39 is 0 Å². The van der Waals surface area contributed by atoms with Gasteiger partial charge < -0.3 is 4.84 Å². The fourth-order valence-corrected chi connectivity index (χ4v) is 5.50. The van der Waals surface area contributed by atoms with E-state index in [1.165, 1.54) is 5.39 Å². The zero-order valence-corrected chi connectivity index (χ0v) is 21.5. The predicted molar refractivity (Wildman–Crippen MR) is 162 cm³/mol. The Morgan fingerprint density at radius 3 is 2.33 bits per heavy atom. The molecule has 0 amide bonds. The van der Waals surface area contributed by atoms with Gasteiger partial charge in [-0.25, -0.2) is 4.99 Å². The first-order valence-electron chi connectivity index (χ1n) is 13.1. The van der Waals surface area contributed by atoms with Crippen LogP contribution in [-0.4, -0.2) is 20.9 Å². The standard InChI is InChI=1S/C35H22N4O/c1-22-29-7-2-3-9-32(29)40-39-21-28(14-15-33(39)38-22)25-11-10-24-19-26(13-12-23(24)18-25)31-20-27-6-4-16-36-34(27)35-30(31)8-5-17-37-35/h2-21H,1H2. The van der Waals surface area contributed by atoms with Crippen molar-refractivity contribution < 1.29 is 4.84 Å². The summed E-state index contributed by atoms with van der Waals surface area (Å²) in [4.78, 5) is 20.2. The lowest BCUT2D eigenvalue weighted by Gasteiger charge is -2.23. The highest BCUT2D eigenvalue weighted by molar-refractivity contribution is 6.10. The molecule has 2 aliphatic rings. The molecule has 0 aliphatic carbocycles. The maximum absolute atomic E-state index is 6.21. The Hall–Kier alpha value is -5.55. The van der Waals surface area contributed by atoms with E-state index in [0.717, 1.165) is 60.8 Å². The topological polar surface area (TPSA) is 50.6 Å². The minimum absolute atomic E-state index is 0.683. The molecular formula is C35H22N4O. The number of hydrogen-bond acceptors (Lipinski definition) is 5. The summed E-state index contributed by atoms with van der Waals surface area (Å²) in [7, 11) is 0. The number of aliphatic imine (C=N–C) groups is 1. The Bertz CT molecular complexity index is 2120. The van der Waals surface area contributed by atoms with Crippen LogP contribution < -0.4 is 4.84 Å². The molecule has 2 aromatic heterocycles. The first-order chi connectivity index (χ1) is 19.7. The Labute approximate surface area is 230 Å². The van der Waals surface area contributed by atoms with E-state index in [1.807, 2.05) is 61.1 Å². The zero-order valence-electron chi connectivity index (χ0n) is 21.5. The number of para-hydroxylation sites is 1. The van der Waals surface area contributed by atoms with Crippen molar-refractivity contribution in [3.8, 4) is 16.9 Å². The molecule has 4 aromatic carbocycles. The number of aromatic nitrogens is 2. The molecule has 0 radical (unpaired) electrons. The van der Waals surface area contributed by atoms with E-state index >= 15 is 0 Å². The highest BCUT2D eigenvalue weighted by Crippen LogP contribution is 2.36. The number of allylic oxidation sites excluding steroid dienone is 2. The van der Waals surface area contributed by atoms with Crippen LogP contribution in [0.5, 0.6) is 5.75 Å². The molecule has 5 nitrogen and oxygen atoms in total. The van der Waals surface area contributed by atoms with Gasteiger partial charge >= 0.3 is 0 Å². The summed E-state index contributed by atoms with van der Waals surface area (Å²) in [5.41, 5.74) is 7.86. The molecule has 8 rings (SSSR count). The van der Waals surface area contributed by atoms with Crippen molar-refractivity contribution >= 4 is 49.7 Å². The Kier molecular flexibility index (Phi) is 4.91. The van der Waals surface area contributed by atoms with E-state index in [-0.39, 0.29) is 0 Å². The number of fused-ring (bicyclic) bond motifs is 6. The molecule has 0 N–H and O–H groups in total. The van der Waals surface area contributed by atoms with Gasteiger partial charge in [-0.05, 0) is 82.1 Å². The van der Waals surface area contributed by atoms with E-state index in [9.17, 15) is 0 Å². The van der Waals surface area contributed by atoms with E-state index in [2.05, 4.69) is 82.2 Å². The summed E-state index contributed by atoms with van der Waals surface area (Å²) in [6, 6.07) is 31.4. The van der Waals surface area contributed by atoms with Crippen LogP contribution in [0, 0.1) is 0 Å². The number of amidine groups is 1. The first kappa shape index (κ1) is 22.4. The van der Waals surface area contributed by atoms with Gasteiger partial charge in [0, 0.05) is 34.3 Å². The van der Waals surface area contributed by atoms with Crippen LogP contribution in [-0.2, 0) is 0 Å². The lowest BCUT2D eigenvalue weighted by Crippen LogP contribution is -2.29. The van der Waals surface area contributed by atoms with E-state index in [0.29, 0.717) is 11.5 Å². The molecule has 0 saturated carbocycles. The zero-order chi connectivity index (χ0) is 26.6. The maximum Gasteiger partial charge on any atom is 0.169 e. The largest absolute Gasteiger partial charge is 0.373 e. The summed E-state index contributed by atoms with van der Waals surface area (Å²) in [5, 5.41) is 6.23. The molecule has 0 spiro atoms. The highest BCUT2D eigenvalue weighted by atomic mass is 16.7. The van der Waals surface area contributed by atoms with Crippen molar-refractivity contribution in [1.82, 2.24) is 15.0 Å². The van der Waals surface area contributed by atoms with Crippen molar-refractivity contribution in [3.63, 3.8) is 0 Å². The second-order valence-corrected chi connectivity index (χ2v) is 9.92. The lowest BCUT2D eigenvalue weighted by molar-refractivity contribution is 0.0742. The molecule has 2 aliphatic heterocycles. The number of rotatable bonds is 2. The molecule has 0 unspecified atom stereocenters. The molecular weight excluding hydrogens is 492 g/mol. The smallest absolute Gasteiger partial charge is 0.169 e. The van der Waals surface area contributed by atoms with Gasteiger partial charge in [-0.3, -0.25) is 9.97 Å². The molecule has 40 heavy (non-hydrogen) atoms. The Morgan fingerprint density at radius 2 is 1.43 bits per heavy atom. The first-order valence-corrected chi connectivity index (χ1v) is 13.1. The molecule has 6 aromatic rings. The quantitative estimate of drug-likeness (QED) is 0.219. The minimum Gasteiger partial charge on any atom is -0.373 e. The van der Waals surface area contributed by atoms with Gasteiger partial charge in [0.05, 0.1) is 22.9 Å². The second-order valence-electron chi connectivity index (χ2n) is 9.92. The van der Waals surface area contributed by atoms with Crippen LogP contribution in [0.3, 0.4) is 0 Å². The van der Waals surface area contributed by atoms with Crippen LogP contribution in [0.4, 0.5) is 0 Å². The number of benzene rings is 4. The van der Waals surface area contributed by atoms with Crippen LogP contribution in [0.25, 0.3) is 55.0 Å². The maximum atomic E-state index is 6.21. The molecule has 0 saturated heterocycles. The van der Waals surface area contributed by atoms with Crippen LogP contribution in [0.15, 0.2) is 133 Å².